The van der Waals surface area contributed by atoms with Crippen molar-refractivity contribution in [2.45, 2.75) is 11.8 Å². The molecule has 8 nitrogen and oxygen atoms in total. The number of nitrogens with one attached hydrogen (secondary N) is 2. The summed E-state index contributed by atoms with van der Waals surface area (Å²) in [6.07, 6.45) is 0. The molecule has 0 aliphatic carbocycles. The monoisotopic (exact) mass is 315 g/mol. The second kappa shape index (κ2) is 6.30. The quantitative estimate of drug-likeness (QED) is 0.334. The molecule has 10 heteroatoms. The van der Waals surface area contributed by atoms with Crippen LogP contribution in [-0.2, 0) is 14.8 Å². The van der Waals surface area contributed by atoms with E-state index >= 15 is 0 Å². The lowest BCUT2D eigenvalue weighted by Gasteiger charge is -2.08. The minimum atomic E-state index is -3.92. The first-order chi connectivity index (χ1) is 9.20. The van der Waals surface area contributed by atoms with Crippen molar-refractivity contribution >= 4 is 44.9 Å². The van der Waals surface area contributed by atoms with Gasteiger partial charge in [0, 0.05) is 12.6 Å². The third kappa shape index (κ3) is 4.82. The molecule has 0 saturated carbocycles. The number of nitrogens with two attached hydrogens (primary N) is 2. The molecule has 108 valence electrons. The van der Waals surface area contributed by atoms with Gasteiger partial charge >= 0.3 is 0 Å². The van der Waals surface area contributed by atoms with Crippen LogP contribution in [0.25, 0.3) is 0 Å². The maximum Gasteiger partial charge on any atom is 0.285 e. The average Bonchev–Trinajstić information content (AvgIpc) is 2.26. The summed E-state index contributed by atoms with van der Waals surface area (Å²) in [7, 11) is -3.92. The predicted molar refractivity (Wildman–Crippen MR) is 79.5 cm³/mol. The van der Waals surface area contributed by atoms with Gasteiger partial charge in [-0.2, -0.15) is 8.42 Å². The fourth-order valence-corrected chi connectivity index (χ4v) is 2.35. The van der Waals surface area contributed by atoms with Gasteiger partial charge in [0.25, 0.3) is 10.0 Å². The Kier molecular flexibility index (Phi) is 5.00. The summed E-state index contributed by atoms with van der Waals surface area (Å²) in [6, 6.07) is 5.54. The highest BCUT2D eigenvalue weighted by Crippen LogP contribution is 2.15. The third-order valence-corrected chi connectivity index (χ3v) is 3.45. The van der Waals surface area contributed by atoms with Gasteiger partial charge in [-0.1, -0.05) is 0 Å². The third-order valence-electron chi connectivity index (χ3n) is 1.93. The molecule has 0 radical (unpaired) electrons. The lowest BCUT2D eigenvalue weighted by atomic mass is 10.3. The number of carbonyl (C=O) groups excluding carboxylic acids is 1. The van der Waals surface area contributed by atoms with Crippen LogP contribution in [0.2, 0.25) is 0 Å². The number of rotatable bonds is 3. The van der Waals surface area contributed by atoms with Crippen LogP contribution in [0.3, 0.4) is 0 Å². The topological polar surface area (TPSA) is 140 Å². The molecule has 1 rings (SSSR count). The first kappa shape index (κ1) is 15.9. The van der Waals surface area contributed by atoms with Crippen molar-refractivity contribution in [3.8, 4) is 0 Å². The number of amides is 1. The Bertz CT molecular complexity index is 648. The zero-order valence-electron chi connectivity index (χ0n) is 10.5. The summed E-state index contributed by atoms with van der Waals surface area (Å²) in [5.74, 6) is -0.853. The molecule has 0 fully saturated rings. The normalized spacial score (nSPS) is 10.4. The molecule has 0 unspecified atom stereocenters. The van der Waals surface area contributed by atoms with E-state index in [1.807, 2.05) is 0 Å². The Balaban J connectivity index is 2.87. The summed E-state index contributed by atoms with van der Waals surface area (Å²) in [5.41, 5.74) is 10.6. The Morgan fingerprint density at radius 3 is 2.25 bits per heavy atom. The summed E-state index contributed by atoms with van der Waals surface area (Å²) in [6.45, 7) is 1.32. The van der Waals surface area contributed by atoms with Crippen molar-refractivity contribution in [2.75, 3.05) is 5.32 Å². The summed E-state index contributed by atoms with van der Waals surface area (Å²) < 4.78 is 26.5. The fraction of sp³-hybridized carbons (Fsp3) is 0.100. The van der Waals surface area contributed by atoms with E-state index in [9.17, 15) is 13.2 Å². The molecule has 1 amide bonds. The number of carbonyl (C=O) groups is 1. The highest BCUT2D eigenvalue weighted by atomic mass is 32.2. The van der Waals surface area contributed by atoms with E-state index in [4.69, 9.17) is 23.7 Å². The zero-order valence-corrected chi connectivity index (χ0v) is 12.1. The number of sulfonamides is 1. The largest absolute Gasteiger partial charge is 0.369 e. The van der Waals surface area contributed by atoms with Crippen LogP contribution in [0.4, 0.5) is 5.69 Å². The number of anilines is 1. The van der Waals surface area contributed by atoms with Crippen molar-refractivity contribution in [1.82, 2.24) is 5.32 Å². The second-order valence-electron chi connectivity index (χ2n) is 3.65. The number of benzene rings is 1. The van der Waals surface area contributed by atoms with Crippen LogP contribution >= 0.6 is 12.2 Å². The van der Waals surface area contributed by atoms with Crippen LogP contribution < -0.4 is 22.1 Å². The van der Waals surface area contributed by atoms with Gasteiger partial charge in [0.1, 0.15) is 0 Å². The Morgan fingerprint density at radius 2 is 1.80 bits per heavy atom. The van der Waals surface area contributed by atoms with Gasteiger partial charge in [-0.05, 0) is 36.5 Å². The number of nitrogens with zero attached hydrogens (tertiary/aromatic N) is 1. The van der Waals surface area contributed by atoms with Crippen molar-refractivity contribution in [3.05, 3.63) is 24.3 Å². The first-order valence-corrected chi connectivity index (χ1v) is 7.10. The van der Waals surface area contributed by atoms with Crippen LogP contribution in [0.15, 0.2) is 33.6 Å². The predicted octanol–water partition coefficient (Wildman–Crippen LogP) is -0.518. The molecule has 0 spiro atoms. The second-order valence-corrected chi connectivity index (χ2v) is 5.66. The molecule has 0 saturated heterocycles. The Morgan fingerprint density at radius 1 is 1.25 bits per heavy atom. The number of hydrogen-bond acceptors (Lipinski definition) is 4. The van der Waals surface area contributed by atoms with E-state index in [0.717, 1.165) is 0 Å². The lowest BCUT2D eigenvalue weighted by Crippen LogP contribution is -2.32. The Hall–Kier alpha value is -2.20. The molecule has 0 aliphatic rings. The van der Waals surface area contributed by atoms with E-state index in [2.05, 4.69) is 15.0 Å². The maximum absolute atomic E-state index is 11.7. The molecule has 6 N–H and O–H groups in total. The van der Waals surface area contributed by atoms with Crippen molar-refractivity contribution < 1.29 is 13.2 Å². The van der Waals surface area contributed by atoms with Gasteiger partial charge in [-0.15, -0.1) is 4.40 Å². The van der Waals surface area contributed by atoms with Gasteiger partial charge in [0.15, 0.2) is 5.11 Å². The maximum atomic E-state index is 11.7. The molecular weight excluding hydrogens is 302 g/mol. The van der Waals surface area contributed by atoms with Gasteiger partial charge in [0.05, 0.1) is 4.90 Å². The standard InChI is InChI=1S/C10H13N5O3S2/c1-6(16)13-10(19)14-7-2-4-8(5-3-7)20(17,18)15-9(11)12/h2-5H,1H3,(H4,11,12,15)(H2,13,14,16,19). The summed E-state index contributed by atoms with van der Waals surface area (Å²) in [5, 5.41) is 5.19. The van der Waals surface area contributed by atoms with E-state index in [1.54, 1.807) is 0 Å². The van der Waals surface area contributed by atoms with E-state index in [0.29, 0.717) is 5.69 Å². The molecule has 0 aromatic heterocycles. The minimum Gasteiger partial charge on any atom is -0.369 e. The molecule has 0 heterocycles. The van der Waals surface area contributed by atoms with Gasteiger partial charge < -0.3 is 22.1 Å². The first-order valence-electron chi connectivity index (χ1n) is 5.25. The van der Waals surface area contributed by atoms with Gasteiger partial charge in [-0.3, -0.25) is 4.79 Å². The highest BCUT2D eigenvalue weighted by molar-refractivity contribution is 7.90. The lowest BCUT2D eigenvalue weighted by molar-refractivity contribution is -0.117. The SMILES string of the molecule is CC(=O)NC(=S)Nc1ccc(S(=O)(=O)N=C(N)N)cc1. The number of guanidine groups is 1. The number of thiocarbonyl (C=S) groups is 1. The molecule has 0 aliphatic heterocycles. The van der Waals surface area contributed by atoms with Crippen LogP contribution in [-0.4, -0.2) is 25.4 Å². The van der Waals surface area contributed by atoms with Gasteiger partial charge in [-0.25, -0.2) is 0 Å². The zero-order chi connectivity index (χ0) is 15.3. The van der Waals surface area contributed by atoms with Crippen LogP contribution in [0.5, 0.6) is 0 Å². The van der Waals surface area contributed by atoms with Gasteiger partial charge in [0.2, 0.25) is 11.9 Å². The number of hydrogen-bond donors (Lipinski definition) is 4. The fourth-order valence-electron chi connectivity index (χ4n) is 1.22. The molecule has 1 aromatic carbocycles. The van der Waals surface area contributed by atoms with Crippen molar-refractivity contribution in [3.63, 3.8) is 0 Å². The smallest absolute Gasteiger partial charge is 0.285 e. The van der Waals surface area contributed by atoms with Crippen LogP contribution in [0.1, 0.15) is 6.92 Å². The molecule has 0 atom stereocenters. The highest BCUT2D eigenvalue weighted by Gasteiger charge is 2.12. The average molecular weight is 315 g/mol. The molecular formula is C10H13N5O3S2. The molecule has 1 aromatic rings. The van der Waals surface area contributed by atoms with E-state index < -0.39 is 16.0 Å². The van der Waals surface area contributed by atoms with E-state index in [1.165, 1.54) is 31.2 Å². The molecule has 20 heavy (non-hydrogen) atoms. The minimum absolute atomic E-state index is 0.0677. The van der Waals surface area contributed by atoms with E-state index in [-0.39, 0.29) is 15.9 Å². The Labute approximate surface area is 121 Å². The summed E-state index contributed by atoms with van der Waals surface area (Å²) in [4.78, 5) is 10.7. The summed E-state index contributed by atoms with van der Waals surface area (Å²) >= 11 is 4.86. The van der Waals surface area contributed by atoms with Crippen molar-refractivity contribution in [2.24, 2.45) is 15.9 Å². The van der Waals surface area contributed by atoms with Crippen molar-refractivity contribution in [1.29, 1.82) is 0 Å². The van der Waals surface area contributed by atoms with Crippen LogP contribution in [0, 0.1) is 0 Å². The molecule has 0 bridgehead atoms.